The van der Waals surface area contributed by atoms with Crippen LogP contribution in [-0.2, 0) is 36.9 Å². The van der Waals surface area contributed by atoms with Crippen LogP contribution < -0.4 is 10.2 Å². The van der Waals surface area contributed by atoms with E-state index in [2.05, 4.69) is 38.2 Å². The van der Waals surface area contributed by atoms with Crippen LogP contribution in [0.3, 0.4) is 0 Å². The Morgan fingerprint density at radius 1 is 0.327 bits per heavy atom. The number of allylic oxidation sites excluding steroid dienone is 4. The van der Waals surface area contributed by atoms with Crippen molar-refractivity contribution in [3.8, 4) is 0 Å². The summed E-state index contributed by atoms with van der Waals surface area (Å²) < 4.78 is 0. The smallest absolute Gasteiger partial charge is 0.550 e. The third-order valence-electron chi connectivity index (χ3n) is 9.29. The molecule has 0 heterocycles. The van der Waals surface area contributed by atoms with Gasteiger partial charge in [0, 0.05) is 11.9 Å². The van der Waals surface area contributed by atoms with Gasteiger partial charge in [-0.3, -0.25) is 0 Å². The summed E-state index contributed by atoms with van der Waals surface area (Å²) in [4.78, 5) is 20.5. The van der Waals surface area contributed by atoms with Crippen LogP contribution >= 0.6 is 0 Å². The first kappa shape index (κ1) is 52.7. The van der Waals surface area contributed by atoms with E-state index in [-0.39, 0.29) is 40.1 Å². The Hall–Kier alpha value is -0.658. The summed E-state index contributed by atoms with van der Waals surface area (Å²) in [6.07, 6.45) is 53.5. The fourth-order valence-electron chi connectivity index (χ4n) is 6.09. The Kier molecular flexibility index (Phi) is 53.2. The molecule has 0 radical (unpaired) electrons. The second-order valence-electron chi connectivity index (χ2n) is 14.2. The maximum Gasteiger partial charge on any atom is 2.00 e. The summed E-state index contributed by atoms with van der Waals surface area (Å²) >= 11 is 0. The predicted molar refractivity (Wildman–Crippen MR) is 206 cm³/mol. The van der Waals surface area contributed by atoms with Gasteiger partial charge in [0.05, 0.1) is 0 Å². The minimum Gasteiger partial charge on any atom is -0.550 e. The topological polar surface area (TPSA) is 80.3 Å². The van der Waals surface area contributed by atoms with E-state index in [4.69, 9.17) is 0 Å². The first-order chi connectivity index (χ1) is 23.5. The summed E-state index contributed by atoms with van der Waals surface area (Å²) in [5.74, 6) is -1.81. The van der Waals surface area contributed by atoms with E-state index < -0.39 is 11.9 Å². The van der Waals surface area contributed by atoms with Crippen LogP contribution in [0.4, 0.5) is 0 Å². The van der Waals surface area contributed by atoms with Crippen molar-refractivity contribution in [2.75, 3.05) is 0 Å². The number of carbonyl (C=O) groups excluding carboxylic acids is 2. The molecule has 0 aromatic rings. The summed E-state index contributed by atoms with van der Waals surface area (Å²) in [6.45, 7) is 4.54. The minimum absolute atomic E-state index is 0. The van der Waals surface area contributed by atoms with E-state index in [1.165, 1.54) is 193 Å². The number of rotatable bonds is 38. The molecular formula is C44H82CdO4. The molecule has 0 saturated carbocycles. The van der Waals surface area contributed by atoms with Crippen molar-refractivity contribution in [2.45, 2.75) is 245 Å². The summed E-state index contributed by atoms with van der Waals surface area (Å²) in [5, 5.41) is 20.5. The number of carboxylic acids is 2. The molecule has 0 spiro atoms. The zero-order valence-electron chi connectivity index (χ0n) is 33.1. The first-order valence-corrected chi connectivity index (χ1v) is 21.2. The summed E-state index contributed by atoms with van der Waals surface area (Å²) in [6, 6.07) is 0. The van der Waals surface area contributed by atoms with Crippen LogP contribution in [0.5, 0.6) is 0 Å². The van der Waals surface area contributed by atoms with Gasteiger partial charge in [0.15, 0.2) is 0 Å². The molecule has 0 fully saturated rings. The van der Waals surface area contributed by atoms with Gasteiger partial charge in [-0.1, -0.05) is 192 Å². The number of unbranched alkanes of at least 4 members (excludes halogenated alkanes) is 30. The van der Waals surface area contributed by atoms with Crippen molar-refractivity contribution in [3.63, 3.8) is 0 Å². The van der Waals surface area contributed by atoms with E-state index in [9.17, 15) is 19.8 Å². The Morgan fingerprint density at radius 2 is 0.510 bits per heavy atom. The predicted octanol–water partition coefficient (Wildman–Crippen LogP) is 12.7. The summed E-state index contributed by atoms with van der Waals surface area (Å²) in [7, 11) is 0. The molecule has 0 atom stereocenters. The molecule has 4 nitrogen and oxygen atoms in total. The third-order valence-corrected chi connectivity index (χ3v) is 9.29. The van der Waals surface area contributed by atoms with Crippen LogP contribution in [0.25, 0.3) is 0 Å². The Balaban J connectivity index is -0.000000846. The Bertz CT molecular complexity index is 632. The van der Waals surface area contributed by atoms with Crippen LogP contribution in [-0.4, -0.2) is 11.9 Å². The van der Waals surface area contributed by atoms with Gasteiger partial charge in [-0.2, -0.15) is 0 Å². The average Bonchev–Trinajstić information content (AvgIpc) is 3.07. The number of carboxylic acid groups (broad SMARTS) is 2. The molecule has 0 bridgehead atoms. The largest absolute Gasteiger partial charge is 2.00 e. The summed E-state index contributed by atoms with van der Waals surface area (Å²) in [5.41, 5.74) is 0. The maximum atomic E-state index is 10.3. The molecule has 0 aliphatic rings. The quantitative estimate of drug-likeness (QED) is 0.0355. The molecule has 0 aliphatic heterocycles. The number of carbonyl (C=O) groups is 2. The molecule has 0 saturated heterocycles. The van der Waals surface area contributed by atoms with E-state index >= 15 is 0 Å². The maximum absolute atomic E-state index is 10.3. The number of aliphatic carboxylic acids is 2. The van der Waals surface area contributed by atoms with Crippen molar-refractivity contribution in [2.24, 2.45) is 0 Å². The minimum atomic E-state index is -0.906. The average molecular weight is 788 g/mol. The fourth-order valence-corrected chi connectivity index (χ4v) is 6.09. The first-order valence-electron chi connectivity index (χ1n) is 21.2. The standard InChI is InChI=1S/2C22H42O2.Cd/c2*1-2-3-4-5-6-7-8-9-10-11-12-13-14-15-16-17-18-19-20-21-22(23)24;/h2*9-10H,2-8,11-21H2,1H3,(H,23,24);/q;;+2/p-2/b2*10-9+;. The van der Waals surface area contributed by atoms with E-state index in [0.717, 1.165) is 25.7 Å². The van der Waals surface area contributed by atoms with Gasteiger partial charge in [0.2, 0.25) is 0 Å². The van der Waals surface area contributed by atoms with Gasteiger partial charge in [0.25, 0.3) is 0 Å². The Labute approximate surface area is 326 Å². The SMILES string of the molecule is CCCCCCCC/C=C/CCCCCCCCCCCC(=O)[O-].CCCCCCCC/C=C/CCCCCCCCCCCC(=O)[O-].[Cd+2]. The van der Waals surface area contributed by atoms with Gasteiger partial charge in [0.1, 0.15) is 0 Å². The van der Waals surface area contributed by atoms with Crippen molar-refractivity contribution >= 4 is 11.9 Å². The zero-order valence-corrected chi connectivity index (χ0v) is 37.1. The molecule has 284 valence electrons. The van der Waals surface area contributed by atoms with Crippen LogP contribution in [0.1, 0.15) is 245 Å². The molecule has 0 unspecified atom stereocenters. The molecule has 5 heteroatoms. The van der Waals surface area contributed by atoms with Crippen LogP contribution in [0, 0.1) is 0 Å². The van der Waals surface area contributed by atoms with Gasteiger partial charge in [-0.05, 0) is 77.0 Å². The van der Waals surface area contributed by atoms with Crippen molar-refractivity contribution < 1.29 is 47.1 Å². The van der Waals surface area contributed by atoms with Crippen molar-refractivity contribution in [1.29, 1.82) is 0 Å². The number of hydrogen-bond donors (Lipinski definition) is 0. The molecule has 0 aromatic carbocycles. The van der Waals surface area contributed by atoms with Gasteiger partial charge in [-0.25, -0.2) is 0 Å². The molecule has 0 amide bonds. The Morgan fingerprint density at radius 3 is 0.714 bits per heavy atom. The van der Waals surface area contributed by atoms with E-state index in [1.54, 1.807) is 0 Å². The van der Waals surface area contributed by atoms with Crippen molar-refractivity contribution in [1.82, 2.24) is 0 Å². The van der Waals surface area contributed by atoms with E-state index in [1.807, 2.05) is 0 Å². The van der Waals surface area contributed by atoms with Gasteiger partial charge >= 0.3 is 27.3 Å². The number of hydrogen-bond acceptors (Lipinski definition) is 4. The molecule has 0 rings (SSSR count). The van der Waals surface area contributed by atoms with Crippen LogP contribution in [0.15, 0.2) is 24.3 Å². The molecular weight excluding hydrogens is 705 g/mol. The van der Waals surface area contributed by atoms with Gasteiger partial charge in [-0.15, -0.1) is 0 Å². The second kappa shape index (κ2) is 49.5. The van der Waals surface area contributed by atoms with Gasteiger partial charge < -0.3 is 19.8 Å². The monoisotopic (exact) mass is 789 g/mol. The zero-order chi connectivity index (χ0) is 35.4. The van der Waals surface area contributed by atoms with E-state index in [0.29, 0.717) is 0 Å². The van der Waals surface area contributed by atoms with Crippen molar-refractivity contribution in [3.05, 3.63) is 24.3 Å². The fraction of sp³-hybridized carbons (Fsp3) is 0.864. The molecule has 49 heavy (non-hydrogen) atoms. The van der Waals surface area contributed by atoms with Crippen LogP contribution in [0.2, 0.25) is 0 Å². The molecule has 0 aromatic heterocycles. The second-order valence-corrected chi connectivity index (χ2v) is 14.2. The molecule has 0 aliphatic carbocycles. The normalized spacial score (nSPS) is 11.1. The third kappa shape index (κ3) is 56.9. The molecule has 0 N–H and O–H groups in total.